The van der Waals surface area contributed by atoms with Crippen molar-refractivity contribution in [2.24, 2.45) is 11.8 Å². The second kappa shape index (κ2) is 28.6. The van der Waals surface area contributed by atoms with E-state index >= 15 is 0 Å². The lowest BCUT2D eigenvalue weighted by molar-refractivity contribution is -0.130. The van der Waals surface area contributed by atoms with Crippen molar-refractivity contribution in [3.05, 3.63) is 71.8 Å². The van der Waals surface area contributed by atoms with Gasteiger partial charge in [0.25, 0.3) is 0 Å². The molecule has 0 aromatic heterocycles. The molecule has 4 atom stereocenters. The Morgan fingerprint density at radius 3 is 1.02 bits per heavy atom. The first-order valence-corrected chi connectivity index (χ1v) is 23.4. The fourth-order valence-electron chi connectivity index (χ4n) is 6.91. The Labute approximate surface area is 383 Å². The third-order valence-electron chi connectivity index (χ3n) is 10.3. The van der Waals surface area contributed by atoms with E-state index in [-0.39, 0.29) is 23.7 Å². The summed E-state index contributed by atoms with van der Waals surface area (Å²) >= 11 is 0. The van der Waals surface area contributed by atoms with Crippen LogP contribution in [0.5, 0.6) is 0 Å². The average molecular weight is 893 g/mol. The Bertz CT molecular complexity index is 1580. The van der Waals surface area contributed by atoms with E-state index in [0.29, 0.717) is 25.9 Å². The fourth-order valence-corrected chi connectivity index (χ4v) is 6.91. The van der Waals surface area contributed by atoms with E-state index in [0.717, 1.165) is 75.3 Å². The number of unbranched alkanes of at least 4 members (excludes halogenated alkanes) is 9. The van der Waals surface area contributed by atoms with Gasteiger partial charge >= 0.3 is 12.2 Å². The number of hydrogen-bond acceptors (Lipinski definition) is 8. The minimum atomic E-state index is -0.873. The van der Waals surface area contributed by atoms with Crippen LogP contribution in [0.25, 0.3) is 0 Å². The zero-order valence-corrected chi connectivity index (χ0v) is 40.4. The van der Waals surface area contributed by atoms with Crippen LogP contribution in [0.1, 0.15) is 145 Å². The van der Waals surface area contributed by atoms with E-state index in [9.17, 15) is 28.8 Å². The van der Waals surface area contributed by atoms with Gasteiger partial charge in [-0.1, -0.05) is 140 Å². The molecule has 2 rings (SSSR count). The maximum Gasteiger partial charge on any atom is 0.408 e. The van der Waals surface area contributed by atoms with Crippen molar-refractivity contribution in [2.75, 3.05) is 13.1 Å². The predicted molar refractivity (Wildman–Crippen MR) is 252 cm³/mol. The number of amides is 6. The largest absolute Gasteiger partial charge is 0.444 e. The molecule has 2 aromatic carbocycles. The van der Waals surface area contributed by atoms with Crippen LogP contribution in [0.4, 0.5) is 9.59 Å². The Morgan fingerprint density at radius 2 is 0.734 bits per heavy atom. The average Bonchev–Trinajstić information content (AvgIpc) is 3.20. The molecule has 6 N–H and O–H groups in total. The van der Waals surface area contributed by atoms with Gasteiger partial charge in [0.2, 0.25) is 23.6 Å². The molecule has 64 heavy (non-hydrogen) atoms. The number of carbonyl (C=O) groups is 6. The summed E-state index contributed by atoms with van der Waals surface area (Å²) in [6.45, 7) is 18.8. The Balaban J connectivity index is 1.72. The third kappa shape index (κ3) is 24.1. The molecule has 0 aliphatic carbocycles. The summed E-state index contributed by atoms with van der Waals surface area (Å²) in [5.41, 5.74) is 0.393. The van der Waals surface area contributed by atoms with Gasteiger partial charge < -0.3 is 41.4 Å². The third-order valence-corrected chi connectivity index (χ3v) is 10.3. The summed E-state index contributed by atoms with van der Waals surface area (Å²) in [6.07, 6.45) is 9.48. The molecule has 0 saturated heterocycles. The van der Waals surface area contributed by atoms with Gasteiger partial charge in [0.1, 0.15) is 35.4 Å². The Hall–Kier alpha value is -5.14. The molecule has 0 aliphatic heterocycles. The molecule has 358 valence electrons. The molecule has 0 aliphatic rings. The van der Waals surface area contributed by atoms with Crippen LogP contribution in [0.2, 0.25) is 0 Å². The first-order chi connectivity index (χ1) is 30.1. The number of ether oxygens (including phenoxy) is 2. The van der Waals surface area contributed by atoms with Gasteiger partial charge in [-0.2, -0.15) is 0 Å². The highest BCUT2D eigenvalue weighted by Crippen LogP contribution is 2.14. The molecule has 0 radical (unpaired) electrons. The number of carbonyl (C=O) groups excluding carboxylic acids is 6. The van der Waals surface area contributed by atoms with Crippen LogP contribution in [0.3, 0.4) is 0 Å². The second-order valence-electron chi connectivity index (χ2n) is 19.4. The summed E-state index contributed by atoms with van der Waals surface area (Å²) < 4.78 is 10.7. The SMILES string of the molecule is CC(C)[C@H](NC(=O)OC(C)(C)C)C(=O)N[C@@H](Cc1ccccc1)C(=O)NCCCCCCCCCCCCNC(=O)[C@H](Cc1ccccc1)NC(=O)[C@@H](NC(=O)OC(C)(C)C)C(C)C. The molecule has 14 heteroatoms. The number of nitrogens with one attached hydrogen (secondary N) is 6. The summed E-state index contributed by atoms with van der Waals surface area (Å²) in [6, 6.07) is 15.7. The monoisotopic (exact) mass is 893 g/mol. The number of benzene rings is 2. The van der Waals surface area contributed by atoms with Crippen molar-refractivity contribution in [2.45, 2.75) is 182 Å². The highest BCUT2D eigenvalue weighted by molar-refractivity contribution is 5.92. The van der Waals surface area contributed by atoms with Crippen molar-refractivity contribution in [3.63, 3.8) is 0 Å². The quantitative estimate of drug-likeness (QED) is 0.0492. The smallest absolute Gasteiger partial charge is 0.408 e. The summed E-state index contributed by atoms with van der Waals surface area (Å²) in [4.78, 5) is 78.5. The molecule has 0 heterocycles. The summed E-state index contributed by atoms with van der Waals surface area (Å²) in [5, 5.41) is 17.1. The standard InChI is InChI=1S/C50H80N6O8/c1-35(2)41(55-47(61)63-49(5,6)7)45(59)53-39(33-37-27-21-19-22-28-37)43(57)51-31-25-17-15-13-11-12-14-16-18-26-32-52-44(58)40(34-38-29-23-20-24-30-38)54-46(60)42(36(3)4)56-48(62)64-50(8,9)10/h19-24,27-30,35-36,39-42H,11-18,25-26,31-34H2,1-10H3,(H,51,57)(H,52,58)(H,53,59)(H,54,60)(H,55,61)(H,56,62)/t39-,40-,41-,42-/m0/s1. The summed E-state index contributed by atoms with van der Waals surface area (Å²) in [7, 11) is 0. The molecule has 0 spiro atoms. The molecule has 2 aromatic rings. The topological polar surface area (TPSA) is 193 Å². The van der Waals surface area contributed by atoms with Gasteiger partial charge in [-0.05, 0) is 77.3 Å². The van der Waals surface area contributed by atoms with E-state index in [4.69, 9.17) is 9.47 Å². The van der Waals surface area contributed by atoms with Crippen LogP contribution < -0.4 is 31.9 Å². The van der Waals surface area contributed by atoms with Crippen LogP contribution >= 0.6 is 0 Å². The maximum atomic E-state index is 13.4. The predicted octanol–water partition coefficient (Wildman–Crippen LogP) is 7.67. The molecule has 6 amide bonds. The number of alkyl carbamates (subject to hydrolysis) is 2. The Kier molecular flexibility index (Phi) is 24.6. The highest BCUT2D eigenvalue weighted by atomic mass is 16.6. The molecular formula is C50H80N6O8. The van der Waals surface area contributed by atoms with E-state index in [1.165, 1.54) is 0 Å². The fraction of sp³-hybridized carbons (Fsp3) is 0.640. The zero-order chi connectivity index (χ0) is 47.7. The van der Waals surface area contributed by atoms with Crippen molar-refractivity contribution in [3.8, 4) is 0 Å². The maximum absolute atomic E-state index is 13.4. The minimum Gasteiger partial charge on any atom is -0.444 e. The van der Waals surface area contributed by atoms with Gasteiger partial charge in [-0.15, -0.1) is 0 Å². The van der Waals surface area contributed by atoms with Crippen LogP contribution in [-0.2, 0) is 41.5 Å². The van der Waals surface area contributed by atoms with Crippen molar-refractivity contribution in [1.82, 2.24) is 31.9 Å². The van der Waals surface area contributed by atoms with Gasteiger partial charge in [0, 0.05) is 25.9 Å². The first-order valence-electron chi connectivity index (χ1n) is 23.4. The highest BCUT2D eigenvalue weighted by Gasteiger charge is 2.32. The number of rotatable bonds is 27. The normalized spacial score (nSPS) is 13.5. The van der Waals surface area contributed by atoms with Crippen LogP contribution in [-0.4, -0.2) is 84.3 Å². The van der Waals surface area contributed by atoms with E-state index in [1.807, 2.05) is 88.4 Å². The number of hydrogen-bond donors (Lipinski definition) is 6. The first kappa shape index (κ1) is 55.0. The van der Waals surface area contributed by atoms with Gasteiger partial charge in [0.05, 0.1) is 0 Å². The van der Waals surface area contributed by atoms with E-state index in [2.05, 4.69) is 31.9 Å². The van der Waals surface area contributed by atoms with Crippen molar-refractivity contribution >= 4 is 35.8 Å². The van der Waals surface area contributed by atoms with Gasteiger partial charge in [-0.3, -0.25) is 19.2 Å². The van der Waals surface area contributed by atoms with Gasteiger partial charge in [-0.25, -0.2) is 9.59 Å². The molecule has 0 bridgehead atoms. The molecule has 0 unspecified atom stereocenters. The lowest BCUT2D eigenvalue weighted by Gasteiger charge is -2.27. The van der Waals surface area contributed by atoms with Crippen molar-refractivity contribution in [1.29, 1.82) is 0 Å². The lowest BCUT2D eigenvalue weighted by Crippen LogP contribution is -2.56. The Morgan fingerprint density at radius 1 is 0.438 bits per heavy atom. The van der Waals surface area contributed by atoms with Gasteiger partial charge in [0.15, 0.2) is 0 Å². The summed E-state index contributed by atoms with van der Waals surface area (Å²) in [5.74, 6) is -1.88. The second-order valence-corrected chi connectivity index (χ2v) is 19.4. The molecule has 0 fully saturated rings. The van der Waals surface area contributed by atoms with Crippen LogP contribution in [0, 0.1) is 11.8 Å². The zero-order valence-electron chi connectivity index (χ0n) is 40.4. The lowest BCUT2D eigenvalue weighted by atomic mass is 10.0. The molecular weight excluding hydrogens is 813 g/mol. The van der Waals surface area contributed by atoms with Crippen molar-refractivity contribution < 1.29 is 38.2 Å². The molecule has 0 saturated carbocycles. The van der Waals surface area contributed by atoms with Crippen LogP contribution in [0.15, 0.2) is 60.7 Å². The van der Waals surface area contributed by atoms with E-state index < -0.39 is 59.4 Å². The van der Waals surface area contributed by atoms with E-state index in [1.54, 1.807) is 41.5 Å². The minimum absolute atomic E-state index is 0.233. The molecule has 14 nitrogen and oxygen atoms in total.